The third-order valence-electron chi connectivity index (χ3n) is 9.11. The summed E-state index contributed by atoms with van der Waals surface area (Å²) in [6.45, 7) is 0. The van der Waals surface area contributed by atoms with Crippen LogP contribution in [0.4, 0.5) is 0 Å². The molecule has 2 heterocycles. The first-order chi connectivity index (χ1) is 18.2. The molecule has 0 saturated heterocycles. The molecule has 4 unspecified atom stereocenters. The zero-order valence-electron chi connectivity index (χ0n) is 20.8. The third kappa shape index (κ3) is 3.54. The molecule has 4 atom stereocenters. The summed E-state index contributed by atoms with van der Waals surface area (Å²) in [6.07, 6.45) is 11.3. The van der Waals surface area contributed by atoms with Gasteiger partial charge in [0.15, 0.2) is 0 Å². The van der Waals surface area contributed by atoms with Crippen molar-refractivity contribution >= 4 is 26.5 Å². The van der Waals surface area contributed by atoms with Crippen molar-refractivity contribution in [1.82, 2.24) is 4.90 Å². The first kappa shape index (κ1) is 23.0. The molecule has 5 aliphatic rings. The van der Waals surface area contributed by atoms with Crippen molar-refractivity contribution in [1.29, 1.82) is 5.26 Å². The second kappa shape index (κ2) is 8.98. The van der Waals surface area contributed by atoms with Gasteiger partial charge in [-0.1, -0.05) is 0 Å². The fourth-order valence-corrected chi connectivity index (χ4v) is 8.73. The van der Waals surface area contributed by atoms with Crippen LogP contribution in [0.3, 0.4) is 0 Å². The van der Waals surface area contributed by atoms with Crippen LogP contribution in [-0.4, -0.2) is 37.0 Å². The number of nitriles is 1. The first-order valence-corrected chi connectivity index (χ1v) is 15.2. The number of aliphatic imine (C=N–C) groups is 1. The van der Waals surface area contributed by atoms with Crippen LogP contribution < -0.4 is 0 Å². The zero-order valence-corrected chi connectivity index (χ0v) is 22.5. The average molecular weight is 551 g/mol. The van der Waals surface area contributed by atoms with Crippen molar-refractivity contribution in [3.63, 3.8) is 0 Å². The van der Waals surface area contributed by atoms with Crippen LogP contribution in [0.2, 0.25) is 0 Å². The van der Waals surface area contributed by atoms with Gasteiger partial charge < -0.3 is 0 Å². The van der Waals surface area contributed by atoms with Gasteiger partial charge in [-0.3, -0.25) is 0 Å². The first-order valence-electron chi connectivity index (χ1n) is 13.4. The van der Waals surface area contributed by atoms with Gasteiger partial charge in [-0.25, -0.2) is 0 Å². The minimum atomic E-state index is -0.530. The molecule has 2 aliphatic heterocycles. The van der Waals surface area contributed by atoms with Crippen LogP contribution in [0, 0.1) is 16.1 Å². The maximum atomic E-state index is 13.1. The standard InChI is InChI=1S/C32H29N3OSe/c33-20-37-31-29(36)15-14-27-30(31)35-28-18-23(21-9-3-1-4-10-21)17-25(22-11-5-2-6-12-22)26(28)19-24-13-7-8-16-32(24,35)34-27/h1-6,9-12,14-15,23-25H,7-8,13,16-19H2. The number of hydrogen-bond acceptors (Lipinski definition) is 4. The number of ketones is 1. The molecule has 0 bridgehead atoms. The number of carbonyl (C=O) groups excluding carboxylic acids is 1. The fourth-order valence-electron chi connectivity index (χ4n) is 7.57. The second-order valence-corrected chi connectivity index (χ2v) is 12.6. The van der Waals surface area contributed by atoms with E-state index in [1.54, 1.807) is 6.08 Å². The zero-order chi connectivity index (χ0) is 25.0. The Hall–Kier alpha value is -3.19. The molecule has 3 aliphatic carbocycles. The van der Waals surface area contributed by atoms with Crippen LogP contribution in [0.5, 0.6) is 0 Å². The van der Waals surface area contributed by atoms with E-state index in [1.807, 2.05) is 6.08 Å². The number of benzene rings is 2. The molecule has 37 heavy (non-hydrogen) atoms. The second-order valence-electron chi connectivity index (χ2n) is 10.9. The number of carbonyl (C=O) groups is 1. The Morgan fingerprint density at radius 2 is 1.73 bits per heavy atom. The molecule has 184 valence electrons. The van der Waals surface area contributed by atoms with Gasteiger partial charge in [0.2, 0.25) is 0 Å². The summed E-state index contributed by atoms with van der Waals surface area (Å²) in [6, 6.07) is 21.9. The van der Waals surface area contributed by atoms with E-state index < -0.39 is 15.0 Å². The van der Waals surface area contributed by atoms with Crippen LogP contribution in [-0.2, 0) is 4.79 Å². The van der Waals surface area contributed by atoms with Crippen LogP contribution in [0.25, 0.3) is 0 Å². The quantitative estimate of drug-likeness (QED) is 0.339. The van der Waals surface area contributed by atoms with Gasteiger partial charge in [0.1, 0.15) is 0 Å². The minimum absolute atomic E-state index is 0.0114. The van der Waals surface area contributed by atoms with E-state index in [2.05, 4.69) is 70.5 Å². The van der Waals surface area contributed by atoms with Crippen molar-refractivity contribution in [2.24, 2.45) is 10.9 Å². The Kier molecular flexibility index (Phi) is 5.57. The Morgan fingerprint density at radius 3 is 2.49 bits per heavy atom. The van der Waals surface area contributed by atoms with E-state index in [-0.39, 0.29) is 11.4 Å². The van der Waals surface area contributed by atoms with Crippen molar-refractivity contribution in [3.8, 4) is 4.97 Å². The van der Waals surface area contributed by atoms with Gasteiger partial charge in [0.25, 0.3) is 0 Å². The van der Waals surface area contributed by atoms with E-state index in [1.165, 1.54) is 28.8 Å². The SMILES string of the molecule is N#C[Se]C1=C2C(=NC34CCCCC3CC3=C(CC(c5ccccc5)CC3c3ccccc3)N24)C=CC1=O. The van der Waals surface area contributed by atoms with Gasteiger partial charge >= 0.3 is 225 Å². The van der Waals surface area contributed by atoms with E-state index in [0.29, 0.717) is 22.2 Å². The Morgan fingerprint density at radius 1 is 0.973 bits per heavy atom. The summed E-state index contributed by atoms with van der Waals surface area (Å²) in [5.41, 5.74) is 7.23. The molecule has 5 heteroatoms. The number of hydrogen-bond donors (Lipinski definition) is 0. The number of rotatable bonds is 3. The Bertz CT molecular complexity index is 1430. The molecule has 0 aromatic heterocycles. The van der Waals surface area contributed by atoms with Crippen LogP contribution in [0.1, 0.15) is 67.9 Å². The fraction of sp³-hybridized carbons (Fsp3) is 0.344. The summed E-state index contributed by atoms with van der Waals surface area (Å²) in [7, 11) is 0. The van der Waals surface area contributed by atoms with Crippen molar-refractivity contribution in [2.45, 2.75) is 62.4 Å². The number of allylic oxidation sites excluding steroid dienone is 5. The predicted molar refractivity (Wildman–Crippen MR) is 146 cm³/mol. The summed E-state index contributed by atoms with van der Waals surface area (Å²) in [4.78, 5) is 23.4. The normalized spacial score (nSPS) is 30.2. The predicted octanol–water partition coefficient (Wildman–Crippen LogP) is 6.18. The molecule has 2 aromatic rings. The average Bonchev–Trinajstić information content (AvgIpc) is 3.28. The van der Waals surface area contributed by atoms with Gasteiger partial charge in [0.05, 0.1) is 0 Å². The molecule has 4 nitrogen and oxygen atoms in total. The van der Waals surface area contributed by atoms with Crippen molar-refractivity contribution in [2.75, 3.05) is 0 Å². The monoisotopic (exact) mass is 551 g/mol. The molecule has 7 rings (SSSR count). The van der Waals surface area contributed by atoms with E-state index >= 15 is 0 Å². The molecule has 0 N–H and O–H groups in total. The van der Waals surface area contributed by atoms with Gasteiger partial charge in [0, 0.05) is 0 Å². The molecule has 0 radical (unpaired) electrons. The van der Waals surface area contributed by atoms with Gasteiger partial charge in [-0.2, -0.15) is 0 Å². The van der Waals surface area contributed by atoms with Gasteiger partial charge in [-0.15, -0.1) is 0 Å². The number of fused-ring (bicyclic) bond motifs is 3. The van der Waals surface area contributed by atoms with E-state index in [0.717, 1.165) is 49.9 Å². The van der Waals surface area contributed by atoms with Crippen LogP contribution in [0.15, 0.2) is 99.2 Å². The molecule has 1 saturated carbocycles. The van der Waals surface area contributed by atoms with E-state index in [4.69, 9.17) is 4.99 Å². The van der Waals surface area contributed by atoms with Crippen molar-refractivity contribution < 1.29 is 4.79 Å². The summed E-state index contributed by atoms with van der Waals surface area (Å²) in [5.74, 6) is 1.17. The Labute approximate surface area is 224 Å². The molecule has 1 fully saturated rings. The third-order valence-corrected chi connectivity index (χ3v) is 10.6. The molecule has 0 amide bonds. The molecular weight excluding hydrogens is 521 g/mol. The van der Waals surface area contributed by atoms with Crippen LogP contribution >= 0.6 is 0 Å². The number of nitrogens with zero attached hydrogens (tertiary/aromatic N) is 3. The Balaban J connectivity index is 1.46. The topological polar surface area (TPSA) is 56.5 Å². The summed E-state index contributed by atoms with van der Waals surface area (Å²) in [5, 5.41) is 9.69. The summed E-state index contributed by atoms with van der Waals surface area (Å²) >= 11 is -0.530. The summed E-state index contributed by atoms with van der Waals surface area (Å²) < 4.78 is 0.685. The maximum absolute atomic E-state index is 13.1. The molecule has 2 aromatic carbocycles. The van der Waals surface area contributed by atoms with E-state index in [9.17, 15) is 10.1 Å². The molecular formula is C32H29N3OSe. The molecule has 1 spiro atoms. The van der Waals surface area contributed by atoms with Gasteiger partial charge in [-0.05, 0) is 0 Å². The van der Waals surface area contributed by atoms with Crippen molar-refractivity contribution in [3.05, 3.63) is 105 Å².